The number of aromatic hydroxyl groups is 1. The summed E-state index contributed by atoms with van der Waals surface area (Å²) < 4.78 is 5.79. The quantitative estimate of drug-likeness (QED) is 0.751. The van der Waals surface area contributed by atoms with Crippen molar-refractivity contribution in [3.63, 3.8) is 0 Å². The average molecular weight is 278 g/mol. The highest BCUT2D eigenvalue weighted by Crippen LogP contribution is 2.32. The molecule has 106 valence electrons. The Bertz CT molecular complexity index is 666. The van der Waals surface area contributed by atoms with Gasteiger partial charge in [-0.3, -0.25) is 0 Å². The first-order chi connectivity index (χ1) is 10.3. The predicted octanol–water partition coefficient (Wildman–Crippen LogP) is 4.79. The molecular weight excluding hydrogens is 260 g/mol. The van der Waals surface area contributed by atoms with Crippen molar-refractivity contribution in [2.24, 2.45) is 0 Å². The molecule has 0 saturated heterocycles. The van der Waals surface area contributed by atoms with E-state index in [1.54, 1.807) is 6.07 Å². The molecule has 2 aliphatic heterocycles. The van der Waals surface area contributed by atoms with Gasteiger partial charge in [0, 0.05) is 0 Å². The van der Waals surface area contributed by atoms with Gasteiger partial charge in [-0.1, -0.05) is 42.5 Å². The van der Waals surface area contributed by atoms with Crippen molar-refractivity contribution in [2.45, 2.75) is 19.3 Å². The normalized spacial score (nSPS) is 14.3. The van der Waals surface area contributed by atoms with Crippen LogP contribution in [0.3, 0.4) is 0 Å². The number of hydrogen-bond donors (Lipinski definition) is 1. The van der Waals surface area contributed by atoms with Crippen LogP contribution in [0.25, 0.3) is 0 Å². The van der Waals surface area contributed by atoms with Crippen LogP contribution >= 0.6 is 0 Å². The van der Waals surface area contributed by atoms with Gasteiger partial charge in [-0.15, -0.1) is 0 Å². The second kappa shape index (κ2) is 6.31. The Kier molecular flexibility index (Phi) is 4.06. The lowest BCUT2D eigenvalue weighted by atomic mass is 10.1. The van der Waals surface area contributed by atoms with Crippen molar-refractivity contribution in [1.29, 1.82) is 0 Å². The van der Waals surface area contributed by atoms with E-state index in [2.05, 4.69) is 36.4 Å². The first-order valence-corrected chi connectivity index (χ1v) is 7.21. The third-order valence-corrected chi connectivity index (χ3v) is 3.51. The maximum atomic E-state index is 9.92. The predicted molar refractivity (Wildman–Crippen MR) is 84.9 cm³/mol. The number of allylic oxidation sites excluding steroid dienone is 4. The maximum Gasteiger partial charge on any atom is 0.169 e. The molecule has 0 aliphatic carbocycles. The zero-order valence-corrected chi connectivity index (χ0v) is 11.8. The second-order valence-corrected chi connectivity index (χ2v) is 5.15. The van der Waals surface area contributed by atoms with E-state index in [4.69, 9.17) is 4.74 Å². The number of ether oxygens (including phenoxy) is 1. The molecule has 2 heterocycles. The molecule has 0 unspecified atom stereocenters. The molecule has 0 saturated carbocycles. The molecule has 0 amide bonds. The monoisotopic (exact) mass is 278 g/mol. The molecule has 0 spiro atoms. The Morgan fingerprint density at radius 2 is 1.62 bits per heavy atom. The second-order valence-electron chi connectivity index (χ2n) is 5.15. The van der Waals surface area contributed by atoms with Crippen molar-refractivity contribution in [3.05, 3.63) is 77.9 Å². The molecule has 0 fully saturated rings. The van der Waals surface area contributed by atoms with Gasteiger partial charge in [-0.2, -0.15) is 0 Å². The first-order valence-electron chi connectivity index (χ1n) is 7.21. The number of benzene rings is 2. The highest BCUT2D eigenvalue weighted by Gasteiger charge is 2.05. The van der Waals surface area contributed by atoms with Gasteiger partial charge in [0.15, 0.2) is 11.5 Å². The minimum absolute atomic E-state index is 0.163. The van der Waals surface area contributed by atoms with Crippen LogP contribution in [0, 0.1) is 0 Å². The molecule has 2 aromatic rings. The standard InChI is InChI=1S/C19H18O2/c20-18-13-10-16-7-5-3-1-2-4-6-15-8-11-17(12-9-15)21-19(18)14-16/h1-3,5,8-14,20H,4,6-7H2. The van der Waals surface area contributed by atoms with E-state index in [-0.39, 0.29) is 5.75 Å². The highest BCUT2D eigenvalue weighted by atomic mass is 16.5. The Balaban J connectivity index is 1.96. The summed E-state index contributed by atoms with van der Waals surface area (Å²) in [4.78, 5) is 0. The third kappa shape index (κ3) is 3.54. The summed E-state index contributed by atoms with van der Waals surface area (Å²) in [6.45, 7) is 0. The molecule has 2 nitrogen and oxygen atoms in total. The van der Waals surface area contributed by atoms with E-state index in [0.717, 1.165) is 30.6 Å². The Hall–Kier alpha value is -2.48. The zero-order valence-electron chi connectivity index (χ0n) is 11.8. The van der Waals surface area contributed by atoms with Gasteiger partial charge in [0.2, 0.25) is 0 Å². The minimum Gasteiger partial charge on any atom is -0.504 e. The van der Waals surface area contributed by atoms with Crippen molar-refractivity contribution >= 4 is 0 Å². The Labute approximate surface area is 125 Å². The summed E-state index contributed by atoms with van der Waals surface area (Å²) in [5, 5.41) is 9.92. The minimum atomic E-state index is 0.163. The fourth-order valence-corrected chi connectivity index (χ4v) is 2.33. The van der Waals surface area contributed by atoms with Crippen LogP contribution in [0.1, 0.15) is 17.5 Å². The van der Waals surface area contributed by atoms with E-state index in [1.165, 1.54) is 5.56 Å². The fraction of sp³-hybridized carbons (Fsp3) is 0.158. The Morgan fingerprint density at radius 1 is 0.857 bits per heavy atom. The lowest BCUT2D eigenvalue weighted by Crippen LogP contribution is -1.89. The summed E-state index contributed by atoms with van der Waals surface area (Å²) in [5.41, 5.74) is 2.39. The lowest BCUT2D eigenvalue weighted by molar-refractivity contribution is 0.411. The molecule has 0 atom stereocenters. The number of aryl methyl sites for hydroxylation is 1. The van der Waals surface area contributed by atoms with E-state index in [0.29, 0.717) is 5.75 Å². The average Bonchev–Trinajstić information content (AvgIpc) is 2.51. The van der Waals surface area contributed by atoms with Crippen LogP contribution < -0.4 is 4.74 Å². The maximum absolute atomic E-state index is 9.92. The van der Waals surface area contributed by atoms with E-state index in [1.807, 2.05) is 24.3 Å². The van der Waals surface area contributed by atoms with Crippen LogP contribution in [0.5, 0.6) is 17.2 Å². The summed E-state index contributed by atoms with van der Waals surface area (Å²) in [7, 11) is 0. The van der Waals surface area contributed by atoms with E-state index in [9.17, 15) is 5.11 Å². The molecule has 4 rings (SSSR count). The van der Waals surface area contributed by atoms with Gasteiger partial charge in [0.1, 0.15) is 5.75 Å². The largest absolute Gasteiger partial charge is 0.504 e. The van der Waals surface area contributed by atoms with Crippen LogP contribution in [-0.4, -0.2) is 5.11 Å². The Morgan fingerprint density at radius 3 is 2.48 bits per heavy atom. The zero-order chi connectivity index (χ0) is 14.5. The number of fused-ring (bicyclic) bond motifs is 6. The van der Waals surface area contributed by atoms with Gasteiger partial charge < -0.3 is 9.84 Å². The van der Waals surface area contributed by atoms with E-state index >= 15 is 0 Å². The summed E-state index contributed by atoms with van der Waals surface area (Å²) in [6.07, 6.45) is 11.3. The van der Waals surface area contributed by atoms with Gasteiger partial charge in [-0.25, -0.2) is 0 Å². The summed E-state index contributed by atoms with van der Waals surface area (Å²) >= 11 is 0. The van der Waals surface area contributed by atoms with Gasteiger partial charge in [-0.05, 0) is 54.7 Å². The summed E-state index contributed by atoms with van der Waals surface area (Å²) in [5.74, 6) is 1.40. The van der Waals surface area contributed by atoms with Crippen molar-refractivity contribution in [1.82, 2.24) is 0 Å². The third-order valence-electron chi connectivity index (χ3n) is 3.51. The van der Waals surface area contributed by atoms with Gasteiger partial charge >= 0.3 is 0 Å². The van der Waals surface area contributed by atoms with Crippen molar-refractivity contribution in [3.8, 4) is 17.2 Å². The number of phenols is 1. The molecule has 2 aromatic carbocycles. The van der Waals surface area contributed by atoms with Crippen LogP contribution in [0.4, 0.5) is 0 Å². The first kappa shape index (κ1) is 13.5. The lowest BCUT2D eigenvalue weighted by Gasteiger charge is -2.09. The van der Waals surface area contributed by atoms with Crippen LogP contribution in [0.15, 0.2) is 66.8 Å². The molecular formula is C19H18O2. The molecule has 0 radical (unpaired) electrons. The number of phenolic OH excluding ortho intramolecular Hbond substituents is 1. The number of rotatable bonds is 0. The molecule has 1 N–H and O–H groups in total. The molecule has 2 aliphatic rings. The topological polar surface area (TPSA) is 29.5 Å². The van der Waals surface area contributed by atoms with Gasteiger partial charge in [0.05, 0.1) is 0 Å². The summed E-state index contributed by atoms with van der Waals surface area (Å²) in [6, 6.07) is 13.5. The van der Waals surface area contributed by atoms with Crippen molar-refractivity contribution < 1.29 is 9.84 Å². The smallest absolute Gasteiger partial charge is 0.169 e. The van der Waals surface area contributed by atoms with Gasteiger partial charge in [0.25, 0.3) is 0 Å². The molecule has 4 bridgehead atoms. The van der Waals surface area contributed by atoms with Crippen molar-refractivity contribution in [2.75, 3.05) is 0 Å². The molecule has 2 heteroatoms. The fourth-order valence-electron chi connectivity index (χ4n) is 2.33. The molecule has 0 aromatic heterocycles. The molecule has 21 heavy (non-hydrogen) atoms. The van der Waals surface area contributed by atoms with E-state index < -0.39 is 0 Å². The SMILES string of the molecule is Oc1ccc2cc1Oc1ccc(cc1)CCC=CC=CC2. The van der Waals surface area contributed by atoms with Crippen LogP contribution in [-0.2, 0) is 12.8 Å². The number of hydrogen-bond acceptors (Lipinski definition) is 2. The van der Waals surface area contributed by atoms with Crippen LogP contribution in [0.2, 0.25) is 0 Å². The highest BCUT2D eigenvalue weighted by molar-refractivity contribution is 5.45.